The normalized spacial score (nSPS) is 15.0. The van der Waals surface area contributed by atoms with E-state index in [-0.39, 0.29) is 5.91 Å². The summed E-state index contributed by atoms with van der Waals surface area (Å²) in [5.41, 5.74) is 6.24. The average Bonchev–Trinajstić information content (AvgIpc) is 2.91. The fraction of sp³-hybridized carbons (Fsp3) is 0.385. The number of hydrogen-bond acceptors (Lipinski definition) is 6. The Kier molecular flexibility index (Phi) is 6.70. The molecule has 1 amide bonds. The highest BCUT2D eigenvalue weighted by Gasteiger charge is 2.36. The lowest BCUT2D eigenvalue weighted by Crippen LogP contribution is -2.37. The van der Waals surface area contributed by atoms with Gasteiger partial charge < -0.3 is 4.74 Å². The number of benzene rings is 2. The van der Waals surface area contributed by atoms with E-state index in [4.69, 9.17) is 9.72 Å². The summed E-state index contributed by atoms with van der Waals surface area (Å²) in [4.78, 5) is 19.9. The van der Waals surface area contributed by atoms with Crippen molar-refractivity contribution in [2.45, 2.75) is 59.3 Å². The first-order chi connectivity index (χ1) is 15.8. The van der Waals surface area contributed by atoms with Crippen LogP contribution in [0.4, 0.5) is 5.69 Å². The Labute approximate surface area is 199 Å². The maximum atomic E-state index is 13.4. The van der Waals surface area contributed by atoms with Gasteiger partial charge in [-0.3, -0.25) is 9.69 Å². The quantitative estimate of drug-likeness (QED) is 0.430. The number of thioether (sulfide) groups is 1. The van der Waals surface area contributed by atoms with E-state index in [2.05, 4.69) is 36.2 Å². The van der Waals surface area contributed by atoms with Crippen LogP contribution in [0.2, 0.25) is 0 Å². The highest BCUT2D eigenvalue weighted by Crippen LogP contribution is 2.45. The van der Waals surface area contributed by atoms with E-state index in [9.17, 15) is 4.79 Å². The number of hydrogen-bond donors (Lipinski definition) is 0. The smallest absolute Gasteiger partial charge is 0.247 e. The summed E-state index contributed by atoms with van der Waals surface area (Å²) in [6.45, 7) is 12.3. The van der Waals surface area contributed by atoms with Gasteiger partial charge in [-0.2, -0.15) is 4.98 Å². The second kappa shape index (κ2) is 9.51. The molecule has 6 nitrogen and oxygen atoms in total. The van der Waals surface area contributed by atoms with Crippen molar-refractivity contribution in [3.8, 4) is 17.1 Å². The predicted molar refractivity (Wildman–Crippen MR) is 133 cm³/mol. The van der Waals surface area contributed by atoms with Crippen molar-refractivity contribution in [1.29, 1.82) is 0 Å². The van der Waals surface area contributed by atoms with E-state index in [1.165, 1.54) is 0 Å². The van der Waals surface area contributed by atoms with Gasteiger partial charge in [-0.05, 0) is 38.3 Å². The number of anilines is 1. The predicted octanol–water partition coefficient (Wildman–Crippen LogP) is 6.05. The fourth-order valence-electron chi connectivity index (χ4n) is 4.05. The van der Waals surface area contributed by atoms with Crippen molar-refractivity contribution >= 4 is 23.4 Å². The Balaban J connectivity index is 1.96. The van der Waals surface area contributed by atoms with Crippen molar-refractivity contribution in [2.75, 3.05) is 10.7 Å². The number of carbonyl (C=O) groups excluding carboxylic acids is 1. The first-order valence-corrected chi connectivity index (χ1v) is 12.3. The highest BCUT2D eigenvalue weighted by molar-refractivity contribution is 7.99. The first-order valence-electron chi connectivity index (χ1n) is 11.3. The molecule has 0 unspecified atom stereocenters. The Bertz CT molecular complexity index is 1190. The molecule has 0 radical (unpaired) electrons. The maximum absolute atomic E-state index is 13.4. The molecule has 1 aromatic heterocycles. The number of fused-ring (bicyclic) bond motifs is 3. The van der Waals surface area contributed by atoms with Crippen molar-refractivity contribution in [1.82, 2.24) is 15.2 Å². The molecule has 172 valence electrons. The molecule has 0 saturated heterocycles. The zero-order valence-electron chi connectivity index (χ0n) is 20.0. The highest BCUT2D eigenvalue weighted by atomic mass is 32.2. The average molecular weight is 463 g/mol. The SMILES string of the molecule is CCC(=O)N1c2c(C)cc(C)cc2-c2nnc(SCC(C)C)nc2O[C@H]1c1cccc(C)c1. The van der Waals surface area contributed by atoms with Crippen LogP contribution in [0.15, 0.2) is 41.6 Å². The van der Waals surface area contributed by atoms with E-state index >= 15 is 0 Å². The van der Waals surface area contributed by atoms with Gasteiger partial charge in [0.1, 0.15) is 0 Å². The Hall–Kier alpha value is -2.93. The van der Waals surface area contributed by atoms with Crippen LogP contribution in [-0.2, 0) is 4.79 Å². The van der Waals surface area contributed by atoms with Crippen LogP contribution in [0.25, 0.3) is 11.3 Å². The van der Waals surface area contributed by atoms with Crippen LogP contribution in [0, 0.1) is 26.7 Å². The third-order valence-electron chi connectivity index (χ3n) is 5.48. The van der Waals surface area contributed by atoms with E-state index in [1.807, 2.05) is 52.0 Å². The molecule has 4 rings (SSSR count). The number of aromatic nitrogens is 3. The maximum Gasteiger partial charge on any atom is 0.247 e. The van der Waals surface area contributed by atoms with Gasteiger partial charge in [0.05, 0.1) is 5.69 Å². The molecule has 0 aliphatic carbocycles. The van der Waals surface area contributed by atoms with Crippen LogP contribution < -0.4 is 9.64 Å². The van der Waals surface area contributed by atoms with E-state index in [1.54, 1.807) is 16.7 Å². The summed E-state index contributed by atoms with van der Waals surface area (Å²) in [6, 6.07) is 12.2. The molecule has 3 aromatic rings. The molecule has 0 spiro atoms. The van der Waals surface area contributed by atoms with E-state index < -0.39 is 6.23 Å². The molecule has 7 heteroatoms. The summed E-state index contributed by atoms with van der Waals surface area (Å²) in [6.07, 6.45) is -0.304. The van der Waals surface area contributed by atoms with Gasteiger partial charge >= 0.3 is 0 Å². The number of aryl methyl sites for hydroxylation is 3. The minimum absolute atomic E-state index is 0.0233. The van der Waals surface area contributed by atoms with Crippen molar-refractivity contribution in [3.05, 3.63) is 58.7 Å². The number of carbonyl (C=O) groups is 1. The third kappa shape index (κ3) is 4.74. The molecular formula is C26H30N4O2S. The van der Waals surface area contributed by atoms with Crippen LogP contribution >= 0.6 is 11.8 Å². The topological polar surface area (TPSA) is 68.2 Å². The number of amides is 1. The second-order valence-electron chi connectivity index (χ2n) is 8.93. The van der Waals surface area contributed by atoms with Crippen LogP contribution in [-0.4, -0.2) is 26.8 Å². The zero-order chi connectivity index (χ0) is 23.7. The summed E-state index contributed by atoms with van der Waals surface area (Å²) in [7, 11) is 0. The van der Waals surface area contributed by atoms with Gasteiger partial charge in [-0.25, -0.2) is 0 Å². The van der Waals surface area contributed by atoms with Gasteiger partial charge in [-0.15, -0.1) is 10.2 Å². The molecule has 0 fully saturated rings. The van der Waals surface area contributed by atoms with Gasteiger partial charge in [0.25, 0.3) is 0 Å². The molecule has 1 aliphatic rings. The Morgan fingerprint density at radius 1 is 1.12 bits per heavy atom. The molecule has 2 aromatic carbocycles. The largest absolute Gasteiger partial charge is 0.447 e. The lowest BCUT2D eigenvalue weighted by atomic mass is 9.99. The van der Waals surface area contributed by atoms with Crippen molar-refractivity contribution in [2.24, 2.45) is 5.92 Å². The molecule has 1 atom stereocenters. The Morgan fingerprint density at radius 2 is 1.91 bits per heavy atom. The number of ether oxygens (including phenoxy) is 1. The van der Waals surface area contributed by atoms with Crippen molar-refractivity contribution in [3.63, 3.8) is 0 Å². The summed E-state index contributed by atoms with van der Waals surface area (Å²) >= 11 is 1.56. The summed E-state index contributed by atoms with van der Waals surface area (Å²) in [5, 5.41) is 9.51. The van der Waals surface area contributed by atoms with Crippen LogP contribution in [0.3, 0.4) is 0 Å². The van der Waals surface area contributed by atoms with E-state index in [0.29, 0.717) is 29.1 Å². The first kappa shape index (κ1) is 23.2. The minimum atomic E-state index is -0.654. The molecule has 0 saturated carbocycles. The van der Waals surface area contributed by atoms with Crippen molar-refractivity contribution < 1.29 is 9.53 Å². The van der Waals surface area contributed by atoms with Gasteiger partial charge in [0, 0.05) is 23.3 Å². The van der Waals surface area contributed by atoms with Crippen LogP contribution in [0.1, 0.15) is 55.7 Å². The van der Waals surface area contributed by atoms with Crippen LogP contribution in [0.5, 0.6) is 5.88 Å². The monoisotopic (exact) mass is 462 g/mol. The molecule has 0 N–H and O–H groups in total. The lowest BCUT2D eigenvalue weighted by Gasteiger charge is -2.32. The summed E-state index contributed by atoms with van der Waals surface area (Å²) < 4.78 is 6.54. The standard InChI is InChI=1S/C26H30N4O2S/c1-7-21(31)30-23-18(6)11-17(5)13-20(23)22-24(27-26(29-28-22)33-14-15(2)3)32-25(30)19-10-8-9-16(4)12-19/h8-13,15,25H,7,14H2,1-6H3/t25-/m0/s1. The molecule has 1 aliphatic heterocycles. The molecule has 0 bridgehead atoms. The van der Waals surface area contributed by atoms with Gasteiger partial charge in [0.2, 0.25) is 23.2 Å². The zero-order valence-corrected chi connectivity index (χ0v) is 20.9. The molecular weight excluding hydrogens is 432 g/mol. The third-order valence-corrected chi connectivity index (χ3v) is 6.74. The molecule has 2 heterocycles. The summed E-state index contributed by atoms with van der Waals surface area (Å²) in [5.74, 6) is 1.77. The lowest BCUT2D eigenvalue weighted by molar-refractivity contribution is -0.120. The Morgan fingerprint density at radius 3 is 2.61 bits per heavy atom. The number of rotatable bonds is 5. The molecule has 33 heavy (non-hydrogen) atoms. The minimum Gasteiger partial charge on any atom is -0.447 e. The van der Waals surface area contributed by atoms with Gasteiger partial charge in [-0.1, -0.05) is 74.0 Å². The second-order valence-corrected chi connectivity index (χ2v) is 9.92. The van der Waals surface area contributed by atoms with E-state index in [0.717, 1.165) is 39.3 Å². The fourth-order valence-corrected chi connectivity index (χ4v) is 4.78. The van der Waals surface area contributed by atoms with Gasteiger partial charge in [0.15, 0.2) is 5.69 Å². The number of nitrogens with zero attached hydrogens (tertiary/aromatic N) is 4.